The number of allylic oxidation sites excluding steroid dienone is 1. The van der Waals surface area contributed by atoms with E-state index in [4.69, 9.17) is 18.6 Å². The summed E-state index contributed by atoms with van der Waals surface area (Å²) in [4.78, 5) is 44.1. The molecule has 0 bridgehead atoms. The zero-order valence-corrected chi connectivity index (χ0v) is 25.4. The van der Waals surface area contributed by atoms with E-state index in [1.54, 1.807) is 54.0 Å². The van der Waals surface area contributed by atoms with Crippen LogP contribution in [0.2, 0.25) is 0 Å². The van der Waals surface area contributed by atoms with E-state index < -0.39 is 18.0 Å². The number of nitrogens with zero attached hydrogens (tertiary/aromatic N) is 2. The molecular formula is C33H32N2O7S. The second kappa shape index (κ2) is 12.8. The Balaban J connectivity index is 1.55. The molecule has 3 heterocycles. The van der Waals surface area contributed by atoms with Crippen LogP contribution in [0.4, 0.5) is 0 Å². The maximum Gasteiger partial charge on any atom is 0.338 e. The van der Waals surface area contributed by atoms with E-state index in [-0.39, 0.29) is 18.8 Å². The smallest absolute Gasteiger partial charge is 0.338 e. The lowest BCUT2D eigenvalue weighted by Crippen LogP contribution is -2.40. The molecular weight excluding hydrogens is 568 g/mol. The predicted octanol–water partition coefficient (Wildman–Crippen LogP) is 4.59. The molecule has 1 atom stereocenters. The predicted molar refractivity (Wildman–Crippen MR) is 163 cm³/mol. The Morgan fingerprint density at radius 3 is 2.37 bits per heavy atom. The molecule has 2 aromatic heterocycles. The molecule has 0 amide bonds. The van der Waals surface area contributed by atoms with Crippen molar-refractivity contribution in [2.45, 2.75) is 32.7 Å². The first-order valence-electron chi connectivity index (χ1n) is 13.8. The molecule has 10 heteroatoms. The van der Waals surface area contributed by atoms with Crippen LogP contribution >= 0.6 is 11.3 Å². The second-order valence-electron chi connectivity index (χ2n) is 10.3. The van der Waals surface area contributed by atoms with Gasteiger partial charge in [0.25, 0.3) is 5.56 Å². The lowest BCUT2D eigenvalue weighted by atomic mass is 9.93. The number of thiazole rings is 1. The van der Waals surface area contributed by atoms with Gasteiger partial charge in [-0.15, -0.1) is 0 Å². The van der Waals surface area contributed by atoms with E-state index in [1.807, 2.05) is 24.3 Å². The third-order valence-electron chi connectivity index (χ3n) is 7.17. The summed E-state index contributed by atoms with van der Waals surface area (Å²) in [7, 11) is 2.87. The molecule has 0 radical (unpaired) electrons. The van der Waals surface area contributed by atoms with Crippen LogP contribution in [0.1, 0.15) is 60.0 Å². The van der Waals surface area contributed by atoms with Gasteiger partial charge < -0.3 is 18.6 Å². The summed E-state index contributed by atoms with van der Waals surface area (Å²) in [5, 5.41) is 0. The molecule has 2 aromatic carbocycles. The zero-order valence-electron chi connectivity index (χ0n) is 24.6. The normalized spacial score (nSPS) is 14.9. The van der Waals surface area contributed by atoms with Crippen LogP contribution in [0.3, 0.4) is 0 Å². The van der Waals surface area contributed by atoms with Gasteiger partial charge in [0, 0.05) is 18.7 Å². The number of hydrogen-bond donors (Lipinski definition) is 0. The van der Waals surface area contributed by atoms with Crippen LogP contribution in [0.25, 0.3) is 17.4 Å². The summed E-state index contributed by atoms with van der Waals surface area (Å²) in [5.74, 6) is 0.425. The van der Waals surface area contributed by atoms with Gasteiger partial charge in [0.2, 0.25) is 0 Å². The maximum atomic E-state index is 13.9. The highest BCUT2D eigenvalue weighted by Gasteiger charge is 2.33. The number of carbonyl (C=O) groups excluding carboxylic acids is 2. The van der Waals surface area contributed by atoms with Crippen molar-refractivity contribution in [1.29, 1.82) is 0 Å². The monoisotopic (exact) mass is 600 g/mol. The second-order valence-corrected chi connectivity index (χ2v) is 11.3. The maximum absolute atomic E-state index is 13.9. The lowest BCUT2D eigenvalue weighted by molar-refractivity contribution is -0.140. The summed E-state index contributed by atoms with van der Waals surface area (Å²) in [5.41, 5.74) is 3.63. The molecule has 0 aliphatic carbocycles. The molecule has 0 N–H and O–H groups in total. The van der Waals surface area contributed by atoms with Crippen LogP contribution in [-0.2, 0) is 19.0 Å². The topological polar surface area (TPSA) is 109 Å². The van der Waals surface area contributed by atoms with E-state index in [9.17, 15) is 14.4 Å². The van der Waals surface area contributed by atoms with Gasteiger partial charge in [-0.1, -0.05) is 61.6 Å². The summed E-state index contributed by atoms with van der Waals surface area (Å²) in [6.07, 6.45) is 1.67. The first kappa shape index (κ1) is 29.9. The Morgan fingerprint density at radius 2 is 1.72 bits per heavy atom. The Hall–Kier alpha value is -4.54. The number of benzene rings is 2. The number of carbonyl (C=O) groups is 2. The minimum Gasteiger partial charge on any atom is -0.465 e. The Labute approximate surface area is 252 Å². The van der Waals surface area contributed by atoms with Crippen molar-refractivity contribution in [3.05, 3.63) is 114 Å². The van der Waals surface area contributed by atoms with Crippen LogP contribution < -0.4 is 14.9 Å². The molecule has 9 nitrogen and oxygen atoms in total. The van der Waals surface area contributed by atoms with E-state index >= 15 is 0 Å². The SMILES string of the molecule is COCCOC(=O)C1=C(C)N=c2sc(=Cc3ccc(-c4ccc(C(=O)OC)cc4)o3)c(=O)n2C1c1ccc(C(C)C)cc1. The zero-order chi connectivity index (χ0) is 30.7. The van der Waals surface area contributed by atoms with Gasteiger partial charge in [0.1, 0.15) is 18.1 Å². The quantitative estimate of drug-likeness (QED) is 0.204. The molecule has 1 aliphatic rings. The molecule has 1 aliphatic heterocycles. The van der Waals surface area contributed by atoms with E-state index in [0.717, 1.165) is 16.7 Å². The van der Waals surface area contributed by atoms with Gasteiger partial charge in [0.05, 0.1) is 41.1 Å². The number of hydrogen-bond acceptors (Lipinski definition) is 9. The standard InChI is InChI=1S/C33H32N2O7S/c1-19(2)21-6-10-23(11-7-21)29-28(32(38)41-17-16-39-4)20(3)34-33-35(29)30(36)27(43-33)18-25-14-15-26(42-25)22-8-12-24(13-9-22)31(37)40-5/h6-15,18-19,29H,16-17H2,1-5H3. The minimum atomic E-state index is -0.713. The third-order valence-corrected chi connectivity index (χ3v) is 8.15. The Kier molecular flexibility index (Phi) is 8.89. The number of rotatable bonds is 9. The number of aromatic nitrogens is 1. The van der Waals surface area contributed by atoms with E-state index in [1.165, 1.54) is 25.6 Å². The van der Waals surface area contributed by atoms with Crippen LogP contribution in [0, 0.1) is 0 Å². The van der Waals surface area contributed by atoms with Crippen molar-refractivity contribution in [2.24, 2.45) is 4.99 Å². The van der Waals surface area contributed by atoms with Crippen LogP contribution in [0.5, 0.6) is 0 Å². The van der Waals surface area contributed by atoms with E-state index in [0.29, 0.717) is 43.6 Å². The van der Waals surface area contributed by atoms with Gasteiger partial charge in [0.15, 0.2) is 4.80 Å². The number of esters is 2. The van der Waals surface area contributed by atoms with E-state index in [2.05, 4.69) is 18.8 Å². The lowest BCUT2D eigenvalue weighted by Gasteiger charge is -2.25. The Bertz CT molecular complexity index is 1860. The summed E-state index contributed by atoms with van der Waals surface area (Å²) in [6, 6.07) is 17.6. The van der Waals surface area contributed by atoms with Crippen molar-refractivity contribution in [3.8, 4) is 11.3 Å². The van der Waals surface area contributed by atoms with Crippen molar-refractivity contribution in [3.63, 3.8) is 0 Å². The molecule has 0 saturated carbocycles. The number of furan rings is 1. The van der Waals surface area contributed by atoms with Crippen molar-refractivity contribution in [1.82, 2.24) is 4.57 Å². The minimum absolute atomic E-state index is 0.0851. The molecule has 43 heavy (non-hydrogen) atoms. The average Bonchev–Trinajstić information content (AvgIpc) is 3.60. The Morgan fingerprint density at radius 1 is 1.00 bits per heavy atom. The fraction of sp³-hybridized carbons (Fsp3) is 0.273. The summed E-state index contributed by atoms with van der Waals surface area (Å²) >= 11 is 1.23. The fourth-order valence-corrected chi connectivity index (χ4v) is 5.89. The summed E-state index contributed by atoms with van der Waals surface area (Å²) < 4.78 is 23.3. The number of methoxy groups -OCH3 is 2. The fourth-order valence-electron chi connectivity index (χ4n) is 4.86. The van der Waals surface area contributed by atoms with Crippen LogP contribution in [0.15, 0.2) is 86.1 Å². The highest BCUT2D eigenvalue weighted by molar-refractivity contribution is 7.07. The highest BCUT2D eigenvalue weighted by atomic mass is 32.1. The largest absolute Gasteiger partial charge is 0.465 e. The van der Waals surface area contributed by atoms with Crippen molar-refractivity contribution >= 4 is 29.4 Å². The molecule has 0 spiro atoms. The number of fused-ring (bicyclic) bond motifs is 1. The number of ether oxygens (including phenoxy) is 3. The van der Waals surface area contributed by atoms with Gasteiger partial charge in [-0.2, -0.15) is 0 Å². The van der Waals surface area contributed by atoms with Gasteiger partial charge >= 0.3 is 11.9 Å². The molecule has 222 valence electrons. The molecule has 0 saturated heterocycles. The molecule has 1 unspecified atom stereocenters. The third kappa shape index (κ3) is 6.16. The van der Waals surface area contributed by atoms with Crippen LogP contribution in [-0.4, -0.2) is 43.9 Å². The van der Waals surface area contributed by atoms with Gasteiger partial charge in [-0.05, 0) is 48.2 Å². The average molecular weight is 601 g/mol. The molecule has 0 fully saturated rings. The van der Waals surface area contributed by atoms with Gasteiger partial charge in [-0.25, -0.2) is 14.6 Å². The molecule has 5 rings (SSSR count). The molecule has 4 aromatic rings. The first-order chi connectivity index (χ1) is 20.7. The first-order valence-corrected chi connectivity index (χ1v) is 14.6. The van der Waals surface area contributed by atoms with Crippen molar-refractivity contribution in [2.75, 3.05) is 27.4 Å². The highest BCUT2D eigenvalue weighted by Crippen LogP contribution is 2.31. The summed E-state index contributed by atoms with van der Waals surface area (Å²) in [6.45, 7) is 6.31. The van der Waals surface area contributed by atoms with Crippen molar-refractivity contribution < 1.29 is 28.2 Å². The van der Waals surface area contributed by atoms with Gasteiger partial charge in [-0.3, -0.25) is 9.36 Å².